The Morgan fingerprint density at radius 2 is 1.94 bits per heavy atom. The minimum atomic E-state index is -0.931. The Labute approximate surface area is 203 Å². The third-order valence-electron chi connectivity index (χ3n) is 5.82. The number of methoxy groups -OCH3 is 2. The number of aryl methyl sites for hydroxylation is 1. The zero-order chi connectivity index (χ0) is 24.2. The fourth-order valence-corrected chi connectivity index (χ4v) is 4.41. The molecule has 1 amide bonds. The number of hydrogen-bond acceptors (Lipinski definition) is 5. The lowest BCUT2D eigenvalue weighted by atomic mass is 10.0. The first-order valence-electron chi connectivity index (χ1n) is 11.0. The van der Waals surface area contributed by atoms with E-state index in [1.54, 1.807) is 32.5 Å². The smallest absolute Gasteiger partial charge is 0.255 e. The molecule has 1 atom stereocenters. The number of alkyl halides is 1. The Morgan fingerprint density at radius 1 is 1.15 bits per heavy atom. The van der Waals surface area contributed by atoms with E-state index in [0.29, 0.717) is 40.9 Å². The van der Waals surface area contributed by atoms with Gasteiger partial charge in [-0.1, -0.05) is 23.7 Å². The molecule has 2 heterocycles. The molecule has 1 aliphatic heterocycles. The van der Waals surface area contributed by atoms with Crippen LogP contribution in [0.15, 0.2) is 48.7 Å². The van der Waals surface area contributed by atoms with E-state index in [-0.39, 0.29) is 19.0 Å². The second-order valence-corrected chi connectivity index (χ2v) is 8.75. The molecular formula is C26H27ClFN3O3. The number of nitrogens with zero attached hydrogens (tertiary/aromatic N) is 2. The van der Waals surface area contributed by atoms with Crippen molar-refractivity contribution in [1.82, 2.24) is 10.3 Å². The van der Waals surface area contributed by atoms with Crippen LogP contribution in [0.2, 0.25) is 5.02 Å². The number of carbonyl (C=O) groups excluding carboxylic acids is 1. The summed E-state index contributed by atoms with van der Waals surface area (Å²) in [5, 5.41) is 3.57. The average molecular weight is 484 g/mol. The Hall–Kier alpha value is -3.32. The number of hydrogen-bond donors (Lipinski definition) is 1. The van der Waals surface area contributed by atoms with Gasteiger partial charge in [-0.3, -0.25) is 4.79 Å². The maximum atomic E-state index is 13.9. The molecule has 0 saturated carbocycles. The van der Waals surface area contributed by atoms with Gasteiger partial charge >= 0.3 is 0 Å². The number of halogens is 2. The number of amides is 1. The second-order valence-electron chi connectivity index (χ2n) is 8.32. The first-order chi connectivity index (χ1) is 16.4. The number of carbonyl (C=O) groups is 1. The highest BCUT2D eigenvalue weighted by atomic mass is 35.5. The van der Waals surface area contributed by atoms with Crippen LogP contribution < -0.4 is 19.7 Å². The Kier molecular flexibility index (Phi) is 7.22. The third-order valence-corrected chi connectivity index (χ3v) is 6.04. The van der Waals surface area contributed by atoms with Crippen LogP contribution >= 0.6 is 11.6 Å². The van der Waals surface area contributed by atoms with E-state index in [4.69, 9.17) is 21.1 Å². The van der Waals surface area contributed by atoms with E-state index in [1.165, 1.54) is 0 Å². The first-order valence-corrected chi connectivity index (χ1v) is 11.4. The topological polar surface area (TPSA) is 63.7 Å². The third kappa shape index (κ3) is 5.25. The Balaban J connectivity index is 1.64. The lowest BCUT2D eigenvalue weighted by Gasteiger charge is -2.20. The van der Waals surface area contributed by atoms with Crippen LogP contribution in [-0.4, -0.2) is 44.4 Å². The van der Waals surface area contributed by atoms with Crippen LogP contribution in [0, 0.1) is 6.92 Å². The van der Waals surface area contributed by atoms with Crippen LogP contribution in [0.1, 0.15) is 27.9 Å². The number of benzene rings is 2. The molecule has 4 rings (SSSR count). The molecule has 34 heavy (non-hydrogen) atoms. The molecule has 0 aliphatic carbocycles. The molecule has 1 aliphatic rings. The standard InChI is InChI=1S/C26H27ClFN3O3/c1-16-8-18(11-20(27)9-16)19-12-22(25(29-14-19)31-7-6-21(28)15-31)26(32)30-13-17-4-5-23(33-2)24(10-17)34-3/h4-5,8-12,14,21H,6-7,13,15H2,1-3H3,(H,30,32)/t21-/m1/s1. The molecule has 0 bridgehead atoms. The predicted molar refractivity (Wildman–Crippen MR) is 132 cm³/mol. The van der Waals surface area contributed by atoms with Gasteiger partial charge in [0.25, 0.3) is 5.91 Å². The van der Waals surface area contributed by atoms with E-state index in [0.717, 1.165) is 22.3 Å². The van der Waals surface area contributed by atoms with Crippen molar-refractivity contribution in [2.45, 2.75) is 26.1 Å². The van der Waals surface area contributed by atoms with E-state index < -0.39 is 6.17 Å². The first kappa shape index (κ1) is 23.8. The Bertz CT molecular complexity index is 1180. The zero-order valence-corrected chi connectivity index (χ0v) is 20.2. The number of ether oxygens (including phenoxy) is 2. The van der Waals surface area contributed by atoms with Crippen molar-refractivity contribution in [1.29, 1.82) is 0 Å². The minimum absolute atomic E-state index is 0.221. The van der Waals surface area contributed by atoms with E-state index in [9.17, 15) is 9.18 Å². The fraction of sp³-hybridized carbons (Fsp3) is 0.308. The van der Waals surface area contributed by atoms with Crippen molar-refractivity contribution in [3.8, 4) is 22.6 Å². The maximum absolute atomic E-state index is 13.9. The van der Waals surface area contributed by atoms with Crippen LogP contribution in [0.25, 0.3) is 11.1 Å². The lowest BCUT2D eigenvalue weighted by molar-refractivity contribution is 0.0951. The molecule has 8 heteroatoms. The zero-order valence-electron chi connectivity index (χ0n) is 19.4. The molecule has 1 aromatic heterocycles. The summed E-state index contributed by atoms with van der Waals surface area (Å²) in [6.45, 7) is 2.97. The highest BCUT2D eigenvalue weighted by Gasteiger charge is 2.27. The van der Waals surface area contributed by atoms with Crippen molar-refractivity contribution in [2.24, 2.45) is 0 Å². The monoisotopic (exact) mass is 483 g/mol. The molecule has 1 fully saturated rings. The maximum Gasteiger partial charge on any atom is 0.255 e. The lowest BCUT2D eigenvalue weighted by Crippen LogP contribution is -2.28. The summed E-state index contributed by atoms with van der Waals surface area (Å²) in [7, 11) is 3.14. The molecule has 2 aromatic carbocycles. The van der Waals surface area contributed by atoms with Crippen LogP contribution in [0.3, 0.4) is 0 Å². The summed E-state index contributed by atoms with van der Waals surface area (Å²) >= 11 is 6.25. The summed E-state index contributed by atoms with van der Waals surface area (Å²) in [6.07, 6.45) is 1.19. The highest BCUT2D eigenvalue weighted by Crippen LogP contribution is 2.31. The van der Waals surface area contributed by atoms with Crippen molar-refractivity contribution in [3.63, 3.8) is 0 Å². The summed E-state index contributed by atoms with van der Waals surface area (Å²) in [6, 6.07) is 13.0. The minimum Gasteiger partial charge on any atom is -0.493 e. The predicted octanol–water partition coefficient (Wildman–Crippen LogP) is 5.21. The van der Waals surface area contributed by atoms with Gasteiger partial charge in [-0.05, 0) is 60.4 Å². The summed E-state index contributed by atoms with van der Waals surface area (Å²) in [5.74, 6) is 1.39. The van der Waals surface area contributed by atoms with Crippen molar-refractivity contribution >= 4 is 23.3 Å². The summed E-state index contributed by atoms with van der Waals surface area (Å²) in [4.78, 5) is 19.7. The van der Waals surface area contributed by atoms with Crippen LogP contribution in [0.5, 0.6) is 11.5 Å². The molecule has 1 N–H and O–H groups in total. The van der Waals surface area contributed by atoms with Crippen molar-refractivity contribution < 1.29 is 18.7 Å². The number of anilines is 1. The van der Waals surface area contributed by atoms with E-state index in [1.807, 2.05) is 42.2 Å². The van der Waals surface area contributed by atoms with Crippen molar-refractivity contribution in [3.05, 3.63) is 70.4 Å². The van der Waals surface area contributed by atoms with E-state index in [2.05, 4.69) is 10.3 Å². The largest absolute Gasteiger partial charge is 0.493 e. The molecule has 178 valence electrons. The molecule has 3 aromatic rings. The van der Waals surface area contributed by atoms with E-state index >= 15 is 0 Å². The normalized spacial score (nSPS) is 15.3. The van der Waals surface area contributed by atoms with Crippen LogP contribution in [-0.2, 0) is 6.54 Å². The van der Waals surface area contributed by atoms with Gasteiger partial charge in [0.05, 0.1) is 26.3 Å². The second kappa shape index (κ2) is 10.3. The number of nitrogens with one attached hydrogen (secondary N) is 1. The van der Waals surface area contributed by atoms with Gasteiger partial charge in [0.2, 0.25) is 0 Å². The van der Waals surface area contributed by atoms with Gasteiger partial charge < -0.3 is 19.7 Å². The SMILES string of the molecule is COc1ccc(CNC(=O)c2cc(-c3cc(C)cc(Cl)c3)cnc2N2CC[C@@H](F)C2)cc1OC. The van der Waals surface area contributed by atoms with Gasteiger partial charge in [0.15, 0.2) is 11.5 Å². The van der Waals surface area contributed by atoms with Gasteiger partial charge in [-0.2, -0.15) is 0 Å². The van der Waals surface area contributed by atoms with Gasteiger partial charge in [0.1, 0.15) is 12.0 Å². The number of aromatic nitrogens is 1. The molecule has 1 saturated heterocycles. The van der Waals surface area contributed by atoms with Crippen molar-refractivity contribution in [2.75, 3.05) is 32.2 Å². The molecule has 0 spiro atoms. The molecule has 0 unspecified atom stereocenters. The summed E-state index contributed by atoms with van der Waals surface area (Å²) < 4.78 is 24.5. The molecule has 0 radical (unpaired) electrons. The van der Waals surface area contributed by atoms with Gasteiger partial charge in [0, 0.05) is 29.9 Å². The summed E-state index contributed by atoms with van der Waals surface area (Å²) in [5.41, 5.74) is 3.88. The fourth-order valence-electron chi connectivity index (χ4n) is 4.12. The number of rotatable bonds is 7. The number of pyridine rings is 1. The quantitative estimate of drug-likeness (QED) is 0.500. The molecule has 6 nitrogen and oxygen atoms in total. The Morgan fingerprint density at radius 3 is 2.62 bits per heavy atom. The van der Waals surface area contributed by atoms with Gasteiger partial charge in [-0.15, -0.1) is 0 Å². The van der Waals surface area contributed by atoms with Crippen LogP contribution in [0.4, 0.5) is 10.2 Å². The highest BCUT2D eigenvalue weighted by molar-refractivity contribution is 6.31. The average Bonchev–Trinajstić information content (AvgIpc) is 3.27. The van der Waals surface area contributed by atoms with Gasteiger partial charge in [-0.25, -0.2) is 9.37 Å². The molecular weight excluding hydrogens is 457 g/mol.